The molecule has 0 aliphatic heterocycles. The fourth-order valence-electron chi connectivity index (χ4n) is 2.33. The highest BCUT2D eigenvalue weighted by Crippen LogP contribution is 2.26. The SMILES string of the molecule is CCNC(=NCc1nc(C)c(C)s1)NCC(C)N(C)C1CC1.I. The maximum absolute atomic E-state index is 4.65. The lowest BCUT2D eigenvalue weighted by molar-refractivity contribution is 0.247. The molecule has 132 valence electrons. The summed E-state index contributed by atoms with van der Waals surface area (Å²) < 4.78 is 0. The molecule has 1 fully saturated rings. The van der Waals surface area contributed by atoms with Crippen molar-refractivity contribution in [2.45, 2.75) is 59.2 Å². The molecule has 0 spiro atoms. The second kappa shape index (κ2) is 9.78. The lowest BCUT2D eigenvalue weighted by Gasteiger charge is -2.25. The van der Waals surface area contributed by atoms with Crippen LogP contribution in [-0.2, 0) is 6.54 Å². The van der Waals surface area contributed by atoms with Crippen molar-refractivity contribution in [1.82, 2.24) is 20.5 Å². The molecular formula is C16H30IN5S. The lowest BCUT2D eigenvalue weighted by atomic mass is 10.3. The number of likely N-dealkylation sites (N-methyl/N-ethyl adjacent to an activating group) is 1. The zero-order valence-electron chi connectivity index (χ0n) is 14.8. The van der Waals surface area contributed by atoms with E-state index in [1.165, 1.54) is 17.7 Å². The zero-order valence-corrected chi connectivity index (χ0v) is 18.0. The minimum absolute atomic E-state index is 0. The Bertz CT molecular complexity index is 493. The molecule has 1 aromatic rings. The Kier molecular flexibility index (Phi) is 8.78. The predicted octanol–water partition coefficient (Wildman–Crippen LogP) is 2.92. The van der Waals surface area contributed by atoms with Gasteiger partial charge in [-0.1, -0.05) is 0 Å². The van der Waals surface area contributed by atoms with Gasteiger partial charge < -0.3 is 10.6 Å². The topological polar surface area (TPSA) is 52.6 Å². The van der Waals surface area contributed by atoms with Gasteiger partial charge in [-0.25, -0.2) is 9.98 Å². The summed E-state index contributed by atoms with van der Waals surface area (Å²) in [7, 11) is 2.22. The van der Waals surface area contributed by atoms with Crippen LogP contribution >= 0.6 is 35.3 Å². The summed E-state index contributed by atoms with van der Waals surface area (Å²) in [6.07, 6.45) is 2.69. The first-order chi connectivity index (χ1) is 10.5. The zero-order chi connectivity index (χ0) is 16.1. The highest BCUT2D eigenvalue weighted by Gasteiger charge is 2.28. The van der Waals surface area contributed by atoms with E-state index in [0.29, 0.717) is 12.6 Å². The number of aromatic nitrogens is 1. The molecule has 0 saturated heterocycles. The molecule has 1 aromatic heterocycles. The summed E-state index contributed by atoms with van der Waals surface area (Å²) in [4.78, 5) is 12.9. The monoisotopic (exact) mass is 451 g/mol. The smallest absolute Gasteiger partial charge is 0.191 e. The molecule has 7 heteroatoms. The summed E-state index contributed by atoms with van der Waals surface area (Å²) in [6.45, 7) is 10.9. The van der Waals surface area contributed by atoms with Gasteiger partial charge in [-0.2, -0.15) is 0 Å². The molecule has 1 atom stereocenters. The molecular weight excluding hydrogens is 421 g/mol. The van der Waals surface area contributed by atoms with Gasteiger partial charge >= 0.3 is 0 Å². The summed E-state index contributed by atoms with van der Waals surface area (Å²) in [5.74, 6) is 0.879. The number of hydrogen-bond acceptors (Lipinski definition) is 4. The van der Waals surface area contributed by atoms with Crippen LogP contribution < -0.4 is 10.6 Å². The van der Waals surface area contributed by atoms with Crippen LogP contribution in [0.1, 0.15) is 42.3 Å². The number of nitrogens with zero attached hydrogens (tertiary/aromatic N) is 3. The van der Waals surface area contributed by atoms with Crippen LogP contribution in [0.3, 0.4) is 0 Å². The van der Waals surface area contributed by atoms with E-state index in [1.54, 1.807) is 11.3 Å². The molecule has 0 amide bonds. The quantitative estimate of drug-likeness (QED) is 0.380. The van der Waals surface area contributed by atoms with Crippen LogP contribution in [0.2, 0.25) is 0 Å². The van der Waals surface area contributed by atoms with Crippen molar-refractivity contribution >= 4 is 41.3 Å². The van der Waals surface area contributed by atoms with Gasteiger partial charge in [0, 0.05) is 30.1 Å². The number of nitrogens with one attached hydrogen (secondary N) is 2. The summed E-state index contributed by atoms with van der Waals surface area (Å²) in [5.41, 5.74) is 1.12. The first-order valence-electron chi connectivity index (χ1n) is 8.18. The van der Waals surface area contributed by atoms with E-state index in [1.807, 2.05) is 0 Å². The van der Waals surface area contributed by atoms with Crippen LogP contribution in [0.15, 0.2) is 4.99 Å². The first-order valence-corrected chi connectivity index (χ1v) is 9.00. The molecule has 0 bridgehead atoms. The van der Waals surface area contributed by atoms with Crippen LogP contribution in [0.4, 0.5) is 0 Å². The Morgan fingerprint density at radius 2 is 2.09 bits per heavy atom. The number of hydrogen-bond donors (Lipinski definition) is 2. The summed E-state index contributed by atoms with van der Waals surface area (Å²) in [5, 5.41) is 7.84. The van der Waals surface area contributed by atoms with E-state index in [0.717, 1.165) is 35.8 Å². The maximum Gasteiger partial charge on any atom is 0.191 e. The van der Waals surface area contributed by atoms with Gasteiger partial charge in [0.25, 0.3) is 0 Å². The van der Waals surface area contributed by atoms with Crippen LogP contribution in [0.25, 0.3) is 0 Å². The Morgan fingerprint density at radius 1 is 1.39 bits per heavy atom. The first kappa shape index (κ1) is 20.6. The van der Waals surface area contributed by atoms with Crippen molar-refractivity contribution in [3.63, 3.8) is 0 Å². The number of halogens is 1. The van der Waals surface area contributed by atoms with Gasteiger partial charge in [-0.15, -0.1) is 35.3 Å². The summed E-state index contributed by atoms with van der Waals surface area (Å²) >= 11 is 1.73. The Labute approximate surface area is 161 Å². The largest absolute Gasteiger partial charge is 0.357 e. The molecule has 23 heavy (non-hydrogen) atoms. The normalized spacial score (nSPS) is 16.2. The molecule has 0 radical (unpaired) electrons. The highest BCUT2D eigenvalue weighted by molar-refractivity contribution is 14.0. The van der Waals surface area contributed by atoms with Gasteiger partial charge in [-0.05, 0) is 47.6 Å². The molecule has 5 nitrogen and oxygen atoms in total. The Morgan fingerprint density at radius 3 is 2.61 bits per heavy atom. The summed E-state index contributed by atoms with van der Waals surface area (Å²) in [6, 6.07) is 1.30. The number of thiazole rings is 1. The van der Waals surface area contributed by atoms with E-state index in [-0.39, 0.29) is 24.0 Å². The number of guanidine groups is 1. The molecule has 1 aliphatic carbocycles. The average molecular weight is 451 g/mol. The molecule has 1 aliphatic rings. The van der Waals surface area contributed by atoms with Crippen molar-refractivity contribution in [3.05, 3.63) is 15.6 Å². The number of rotatable bonds is 7. The van der Waals surface area contributed by atoms with Crippen molar-refractivity contribution < 1.29 is 0 Å². The van der Waals surface area contributed by atoms with Crippen LogP contribution in [0.5, 0.6) is 0 Å². The Hall–Kier alpha value is -0.410. The number of aliphatic imine (C=N–C) groups is 1. The molecule has 2 N–H and O–H groups in total. The maximum atomic E-state index is 4.65. The molecule has 1 unspecified atom stereocenters. The van der Waals surface area contributed by atoms with Gasteiger partial charge in [0.15, 0.2) is 5.96 Å². The fraction of sp³-hybridized carbons (Fsp3) is 0.750. The van der Waals surface area contributed by atoms with Gasteiger partial charge in [0.05, 0.1) is 12.2 Å². The fourth-order valence-corrected chi connectivity index (χ4v) is 3.18. The van der Waals surface area contributed by atoms with Crippen molar-refractivity contribution in [3.8, 4) is 0 Å². The van der Waals surface area contributed by atoms with Gasteiger partial charge in [0.1, 0.15) is 5.01 Å². The van der Waals surface area contributed by atoms with E-state index < -0.39 is 0 Å². The van der Waals surface area contributed by atoms with Crippen LogP contribution in [0, 0.1) is 13.8 Å². The van der Waals surface area contributed by atoms with Crippen LogP contribution in [-0.4, -0.2) is 48.1 Å². The van der Waals surface area contributed by atoms with E-state index >= 15 is 0 Å². The molecule has 0 aromatic carbocycles. The highest BCUT2D eigenvalue weighted by atomic mass is 127. The lowest BCUT2D eigenvalue weighted by Crippen LogP contribution is -2.45. The Balaban J connectivity index is 0.00000264. The van der Waals surface area contributed by atoms with Gasteiger partial charge in [0.2, 0.25) is 0 Å². The molecule has 1 saturated carbocycles. The number of aryl methyl sites for hydroxylation is 2. The minimum Gasteiger partial charge on any atom is -0.357 e. The van der Waals surface area contributed by atoms with Crippen molar-refractivity contribution in [1.29, 1.82) is 0 Å². The van der Waals surface area contributed by atoms with E-state index in [4.69, 9.17) is 0 Å². The molecule has 1 heterocycles. The van der Waals surface area contributed by atoms with Crippen molar-refractivity contribution in [2.24, 2.45) is 4.99 Å². The third kappa shape index (κ3) is 6.54. The van der Waals surface area contributed by atoms with E-state index in [2.05, 4.69) is 60.3 Å². The van der Waals surface area contributed by atoms with E-state index in [9.17, 15) is 0 Å². The molecule has 2 rings (SSSR count). The second-order valence-electron chi connectivity index (χ2n) is 6.07. The third-order valence-electron chi connectivity index (χ3n) is 4.17. The average Bonchev–Trinajstić information content (AvgIpc) is 3.28. The van der Waals surface area contributed by atoms with Gasteiger partial charge in [-0.3, -0.25) is 4.90 Å². The predicted molar refractivity (Wildman–Crippen MR) is 110 cm³/mol. The third-order valence-corrected chi connectivity index (χ3v) is 5.23. The standard InChI is InChI=1S/C16H29N5S.HI/c1-6-17-16(18-9-11(2)21(5)14-7-8-14)19-10-15-20-12(3)13(4)22-15;/h11,14H,6-10H2,1-5H3,(H2,17,18,19);1H. The van der Waals surface area contributed by atoms with Crippen molar-refractivity contribution in [2.75, 3.05) is 20.1 Å². The second-order valence-corrected chi connectivity index (χ2v) is 7.36. The minimum atomic E-state index is 0.